The van der Waals surface area contributed by atoms with Gasteiger partial charge >= 0.3 is 0 Å². The van der Waals surface area contributed by atoms with Crippen molar-refractivity contribution in [2.75, 3.05) is 11.1 Å². The van der Waals surface area contributed by atoms with Gasteiger partial charge in [-0.25, -0.2) is 4.39 Å². The molecule has 3 aromatic rings. The highest BCUT2D eigenvalue weighted by molar-refractivity contribution is 5.89. The van der Waals surface area contributed by atoms with E-state index < -0.39 is 0 Å². The van der Waals surface area contributed by atoms with Crippen molar-refractivity contribution in [1.82, 2.24) is 10.2 Å². The topological polar surface area (TPSA) is 66.7 Å². The molecule has 0 aliphatic heterocycles. The number of benzene rings is 2. The second-order valence-corrected chi connectivity index (χ2v) is 4.03. The highest BCUT2D eigenvalue weighted by atomic mass is 19.1. The first-order chi connectivity index (χ1) is 8.72. The second kappa shape index (κ2) is 4.03. The number of nitrogens with two attached hydrogens (primary N) is 1. The predicted octanol–water partition coefficient (Wildman–Crippen LogP) is 3.03. The zero-order chi connectivity index (χ0) is 12.5. The molecule has 0 saturated heterocycles. The van der Waals surface area contributed by atoms with Crippen LogP contribution in [0.5, 0.6) is 0 Å². The van der Waals surface area contributed by atoms with E-state index in [0.29, 0.717) is 5.69 Å². The van der Waals surface area contributed by atoms with Gasteiger partial charge in [-0.15, -0.1) is 0 Å². The lowest BCUT2D eigenvalue weighted by molar-refractivity contribution is 0.628. The van der Waals surface area contributed by atoms with Crippen LogP contribution in [-0.4, -0.2) is 10.2 Å². The standard InChI is InChI=1S/C13H11FN4/c14-9-1-3-10(4-2-9)17-13-6-12-8(5-11(13)15)7-16-18-12/h1-7,17H,15H2,(H,16,18). The Labute approximate surface area is 103 Å². The minimum atomic E-state index is -0.266. The van der Waals surface area contributed by atoms with Gasteiger partial charge in [-0.05, 0) is 36.4 Å². The summed E-state index contributed by atoms with van der Waals surface area (Å²) in [7, 11) is 0. The Morgan fingerprint density at radius 3 is 2.72 bits per heavy atom. The third-order valence-electron chi connectivity index (χ3n) is 2.73. The van der Waals surface area contributed by atoms with E-state index in [9.17, 15) is 4.39 Å². The highest BCUT2D eigenvalue weighted by Crippen LogP contribution is 2.27. The van der Waals surface area contributed by atoms with Gasteiger partial charge in [0.15, 0.2) is 0 Å². The highest BCUT2D eigenvalue weighted by Gasteiger charge is 2.04. The summed E-state index contributed by atoms with van der Waals surface area (Å²) < 4.78 is 12.8. The van der Waals surface area contributed by atoms with Gasteiger partial charge in [0, 0.05) is 11.1 Å². The number of aromatic nitrogens is 2. The molecular weight excluding hydrogens is 231 g/mol. The van der Waals surface area contributed by atoms with Crippen molar-refractivity contribution in [3.63, 3.8) is 0 Å². The molecule has 0 fully saturated rings. The summed E-state index contributed by atoms with van der Waals surface area (Å²) in [5.41, 5.74) is 9.00. The maximum Gasteiger partial charge on any atom is 0.123 e. The minimum absolute atomic E-state index is 0.266. The van der Waals surface area contributed by atoms with E-state index in [-0.39, 0.29) is 5.82 Å². The summed E-state index contributed by atoms with van der Waals surface area (Å²) >= 11 is 0. The summed E-state index contributed by atoms with van der Waals surface area (Å²) in [6.45, 7) is 0. The molecule has 1 heterocycles. The lowest BCUT2D eigenvalue weighted by atomic mass is 10.2. The van der Waals surface area contributed by atoms with Crippen LogP contribution in [0.4, 0.5) is 21.5 Å². The van der Waals surface area contributed by atoms with E-state index >= 15 is 0 Å². The molecule has 4 N–H and O–H groups in total. The maximum absolute atomic E-state index is 12.8. The van der Waals surface area contributed by atoms with Crippen LogP contribution in [0.3, 0.4) is 0 Å². The van der Waals surface area contributed by atoms with E-state index in [1.165, 1.54) is 12.1 Å². The SMILES string of the molecule is Nc1cc2cn[nH]c2cc1Nc1ccc(F)cc1. The van der Waals surface area contributed by atoms with Gasteiger partial charge in [0.05, 0.1) is 23.1 Å². The van der Waals surface area contributed by atoms with Crippen LogP contribution >= 0.6 is 0 Å². The molecule has 18 heavy (non-hydrogen) atoms. The largest absolute Gasteiger partial charge is 0.397 e. The first kappa shape index (κ1) is 10.6. The molecule has 0 spiro atoms. The average Bonchev–Trinajstić information content (AvgIpc) is 2.79. The first-order valence-electron chi connectivity index (χ1n) is 5.47. The summed E-state index contributed by atoms with van der Waals surface area (Å²) in [5.74, 6) is -0.266. The van der Waals surface area contributed by atoms with Gasteiger partial charge in [-0.2, -0.15) is 5.10 Å². The molecule has 90 valence electrons. The number of nitrogens with one attached hydrogen (secondary N) is 2. The van der Waals surface area contributed by atoms with Gasteiger partial charge in [0.2, 0.25) is 0 Å². The fourth-order valence-corrected chi connectivity index (χ4v) is 1.81. The number of rotatable bonds is 2. The summed E-state index contributed by atoms with van der Waals surface area (Å²) in [6, 6.07) is 9.82. The van der Waals surface area contributed by atoms with Gasteiger partial charge in [0.25, 0.3) is 0 Å². The van der Waals surface area contributed by atoms with E-state index in [1.54, 1.807) is 18.3 Å². The number of nitrogen functional groups attached to an aromatic ring is 1. The van der Waals surface area contributed by atoms with E-state index in [4.69, 9.17) is 5.73 Å². The molecule has 0 bridgehead atoms. The Hall–Kier alpha value is -2.56. The lowest BCUT2D eigenvalue weighted by Crippen LogP contribution is -1.96. The normalized spacial score (nSPS) is 10.7. The smallest absolute Gasteiger partial charge is 0.123 e. The van der Waals surface area contributed by atoms with Crippen molar-refractivity contribution in [3.8, 4) is 0 Å². The van der Waals surface area contributed by atoms with Crippen molar-refractivity contribution in [1.29, 1.82) is 0 Å². The van der Waals surface area contributed by atoms with Crippen LogP contribution in [0.1, 0.15) is 0 Å². The van der Waals surface area contributed by atoms with E-state index in [0.717, 1.165) is 22.3 Å². The quantitative estimate of drug-likeness (QED) is 0.605. The average molecular weight is 242 g/mol. The number of hydrogen-bond acceptors (Lipinski definition) is 3. The van der Waals surface area contributed by atoms with Crippen LogP contribution in [0.15, 0.2) is 42.6 Å². The molecular formula is C13H11FN4. The third kappa shape index (κ3) is 1.86. The molecule has 0 aliphatic carbocycles. The Balaban J connectivity index is 1.98. The zero-order valence-corrected chi connectivity index (χ0v) is 9.44. The Kier molecular flexibility index (Phi) is 2.37. The first-order valence-corrected chi connectivity index (χ1v) is 5.47. The summed E-state index contributed by atoms with van der Waals surface area (Å²) in [5, 5.41) is 10.9. The monoisotopic (exact) mass is 242 g/mol. The number of fused-ring (bicyclic) bond motifs is 1. The van der Waals surface area contributed by atoms with E-state index in [1.807, 2.05) is 12.1 Å². The lowest BCUT2D eigenvalue weighted by Gasteiger charge is -2.09. The van der Waals surface area contributed by atoms with Crippen molar-refractivity contribution in [3.05, 3.63) is 48.4 Å². The molecule has 3 rings (SSSR count). The molecule has 0 saturated carbocycles. The number of H-pyrrole nitrogens is 1. The number of halogens is 1. The van der Waals surface area contributed by atoms with Crippen molar-refractivity contribution in [2.45, 2.75) is 0 Å². The van der Waals surface area contributed by atoms with Gasteiger partial charge < -0.3 is 11.1 Å². The Morgan fingerprint density at radius 1 is 1.17 bits per heavy atom. The summed E-state index contributed by atoms with van der Waals surface area (Å²) in [6.07, 6.45) is 1.72. The molecule has 2 aromatic carbocycles. The van der Waals surface area contributed by atoms with Gasteiger partial charge in [-0.3, -0.25) is 5.10 Å². The van der Waals surface area contributed by atoms with Crippen molar-refractivity contribution < 1.29 is 4.39 Å². The fraction of sp³-hybridized carbons (Fsp3) is 0. The van der Waals surface area contributed by atoms with Crippen molar-refractivity contribution in [2.24, 2.45) is 0 Å². The third-order valence-corrected chi connectivity index (χ3v) is 2.73. The molecule has 0 amide bonds. The Morgan fingerprint density at radius 2 is 1.94 bits per heavy atom. The maximum atomic E-state index is 12.8. The predicted molar refractivity (Wildman–Crippen MR) is 70.2 cm³/mol. The van der Waals surface area contributed by atoms with Crippen LogP contribution in [0, 0.1) is 5.82 Å². The molecule has 1 aromatic heterocycles. The fourth-order valence-electron chi connectivity index (χ4n) is 1.81. The molecule has 4 nitrogen and oxygen atoms in total. The molecule has 0 radical (unpaired) electrons. The number of anilines is 3. The number of hydrogen-bond donors (Lipinski definition) is 3. The van der Waals surface area contributed by atoms with Crippen LogP contribution in [-0.2, 0) is 0 Å². The Bertz CT molecular complexity index is 688. The van der Waals surface area contributed by atoms with Crippen LogP contribution < -0.4 is 11.1 Å². The summed E-state index contributed by atoms with van der Waals surface area (Å²) in [4.78, 5) is 0. The van der Waals surface area contributed by atoms with E-state index in [2.05, 4.69) is 15.5 Å². The zero-order valence-electron chi connectivity index (χ0n) is 9.44. The van der Waals surface area contributed by atoms with Gasteiger partial charge in [0.1, 0.15) is 5.82 Å². The van der Waals surface area contributed by atoms with Crippen molar-refractivity contribution >= 4 is 28.0 Å². The molecule has 0 unspecified atom stereocenters. The second-order valence-electron chi connectivity index (χ2n) is 4.03. The number of nitrogens with zero attached hydrogens (tertiary/aromatic N) is 1. The molecule has 0 aliphatic rings. The minimum Gasteiger partial charge on any atom is -0.397 e. The number of aromatic amines is 1. The molecule has 5 heteroatoms. The van der Waals surface area contributed by atoms with Gasteiger partial charge in [-0.1, -0.05) is 0 Å². The van der Waals surface area contributed by atoms with Crippen LogP contribution in [0.2, 0.25) is 0 Å². The van der Waals surface area contributed by atoms with Crippen LogP contribution in [0.25, 0.3) is 10.9 Å². The molecule has 0 atom stereocenters.